The van der Waals surface area contributed by atoms with E-state index in [1.807, 2.05) is 0 Å². The van der Waals surface area contributed by atoms with Gasteiger partial charge in [0.25, 0.3) is 5.56 Å². The topological polar surface area (TPSA) is 87.6 Å². The summed E-state index contributed by atoms with van der Waals surface area (Å²) in [5, 5.41) is 10.6. The normalized spacial score (nSPS) is 22.4. The summed E-state index contributed by atoms with van der Waals surface area (Å²) in [7, 11) is 1.71. The molecule has 1 aromatic heterocycles. The second-order valence-electron chi connectivity index (χ2n) is 4.25. The van der Waals surface area contributed by atoms with Crippen LogP contribution in [0.25, 0.3) is 6.20 Å². The molecule has 1 aliphatic heterocycles. The molecular weight excluding hydrogens is 238 g/mol. The first-order valence-electron chi connectivity index (χ1n) is 5.55. The molecule has 7 nitrogen and oxygen atoms in total. The molecule has 7 heteroatoms. The van der Waals surface area contributed by atoms with Crippen LogP contribution in [0.15, 0.2) is 21.5 Å². The Bertz CT molecular complexity index is 587. The summed E-state index contributed by atoms with van der Waals surface area (Å²) >= 11 is 0. The fourth-order valence-electron chi connectivity index (χ4n) is 1.75. The van der Waals surface area contributed by atoms with E-state index >= 15 is 0 Å². The molecule has 1 saturated heterocycles. The molecular formula is C11H15N3O4. The Morgan fingerprint density at radius 1 is 1.61 bits per heavy atom. The van der Waals surface area contributed by atoms with E-state index in [4.69, 9.17) is 9.94 Å². The third-order valence-electron chi connectivity index (χ3n) is 2.85. The summed E-state index contributed by atoms with van der Waals surface area (Å²) in [6, 6.07) is -0.115. The fraction of sp³-hybridized carbons (Fsp3) is 0.455. The van der Waals surface area contributed by atoms with Crippen LogP contribution in [0.4, 0.5) is 0 Å². The van der Waals surface area contributed by atoms with E-state index in [2.05, 4.69) is 4.98 Å². The van der Waals surface area contributed by atoms with Gasteiger partial charge in [0.2, 0.25) is 0 Å². The zero-order valence-electron chi connectivity index (χ0n) is 10.2. The Hall–Kier alpha value is -1.86. The second kappa shape index (κ2) is 4.79. The van der Waals surface area contributed by atoms with E-state index in [0.717, 1.165) is 0 Å². The van der Waals surface area contributed by atoms with Crippen molar-refractivity contribution in [3.05, 3.63) is 38.4 Å². The van der Waals surface area contributed by atoms with Crippen molar-refractivity contribution in [1.82, 2.24) is 14.6 Å². The Kier molecular flexibility index (Phi) is 3.35. The maximum atomic E-state index is 11.6. The lowest BCUT2D eigenvalue weighted by Crippen LogP contribution is -2.28. The van der Waals surface area contributed by atoms with Crippen LogP contribution < -0.4 is 11.2 Å². The monoisotopic (exact) mass is 253 g/mol. The van der Waals surface area contributed by atoms with Crippen LogP contribution in [0.1, 0.15) is 12.0 Å². The molecule has 2 rings (SSSR count). The van der Waals surface area contributed by atoms with Gasteiger partial charge in [0.15, 0.2) is 0 Å². The van der Waals surface area contributed by atoms with Gasteiger partial charge in [-0.2, -0.15) is 0 Å². The Morgan fingerprint density at radius 2 is 2.33 bits per heavy atom. The number of hydroxylamine groups is 2. The maximum absolute atomic E-state index is 11.6. The molecule has 0 aromatic carbocycles. The predicted molar refractivity (Wildman–Crippen MR) is 64.7 cm³/mol. The van der Waals surface area contributed by atoms with Crippen molar-refractivity contribution in [2.75, 3.05) is 13.7 Å². The zero-order valence-corrected chi connectivity index (χ0v) is 10.2. The van der Waals surface area contributed by atoms with E-state index < -0.39 is 11.2 Å². The molecule has 2 N–H and O–H groups in total. The molecule has 98 valence electrons. The van der Waals surface area contributed by atoms with Gasteiger partial charge in [0, 0.05) is 25.2 Å². The predicted octanol–water partition coefficient (Wildman–Crippen LogP) is -0.729. The molecule has 0 bridgehead atoms. The van der Waals surface area contributed by atoms with Crippen molar-refractivity contribution < 1.29 is 9.94 Å². The number of rotatable bonds is 2. The highest BCUT2D eigenvalue weighted by atomic mass is 16.7. The third-order valence-corrected chi connectivity index (χ3v) is 2.85. The molecule has 1 unspecified atom stereocenters. The van der Waals surface area contributed by atoms with E-state index in [0.29, 0.717) is 17.7 Å². The summed E-state index contributed by atoms with van der Waals surface area (Å²) in [5.41, 5.74) is -0.472. The number of aliphatic hydroxyl groups is 1. The average Bonchev–Trinajstić information content (AvgIpc) is 2.66. The summed E-state index contributed by atoms with van der Waals surface area (Å²) in [4.78, 5) is 30.4. The first kappa shape index (κ1) is 12.6. The summed E-state index contributed by atoms with van der Waals surface area (Å²) in [5.74, 6) is 0.560. The van der Waals surface area contributed by atoms with Gasteiger partial charge < -0.3 is 9.94 Å². The fourth-order valence-corrected chi connectivity index (χ4v) is 1.75. The van der Waals surface area contributed by atoms with Crippen LogP contribution in [-0.2, 0) is 4.84 Å². The molecule has 18 heavy (non-hydrogen) atoms. The molecule has 1 atom stereocenters. The van der Waals surface area contributed by atoms with Gasteiger partial charge in [-0.15, -0.1) is 5.06 Å². The number of likely N-dealkylation sites (N-methyl/N-ethyl adjacent to an activating group) is 1. The molecule has 1 fully saturated rings. The summed E-state index contributed by atoms with van der Waals surface area (Å²) < 4.78 is 1.26. The second-order valence-corrected chi connectivity index (χ2v) is 4.25. The van der Waals surface area contributed by atoms with Crippen molar-refractivity contribution in [2.24, 2.45) is 0 Å². The van der Waals surface area contributed by atoms with Crippen molar-refractivity contribution in [3.63, 3.8) is 0 Å². The van der Waals surface area contributed by atoms with Crippen LogP contribution >= 0.6 is 0 Å². The van der Waals surface area contributed by atoms with Crippen LogP contribution in [0, 0.1) is 6.92 Å². The first-order chi connectivity index (χ1) is 8.51. The number of hydrogen-bond donors (Lipinski definition) is 2. The van der Waals surface area contributed by atoms with Gasteiger partial charge in [-0.05, 0) is 6.92 Å². The number of nitrogens with zero attached hydrogens (tertiary/aromatic N) is 2. The Labute approximate surface area is 103 Å². The minimum absolute atomic E-state index is 0.0204. The van der Waals surface area contributed by atoms with Crippen molar-refractivity contribution in [3.8, 4) is 0 Å². The average molecular weight is 253 g/mol. The molecule has 0 aliphatic carbocycles. The van der Waals surface area contributed by atoms with Gasteiger partial charge in [-0.25, -0.2) is 4.79 Å². The van der Waals surface area contributed by atoms with Crippen LogP contribution in [0.3, 0.4) is 0 Å². The quantitative estimate of drug-likeness (QED) is 0.725. The number of aryl methyl sites for hydroxylation is 1. The summed E-state index contributed by atoms with van der Waals surface area (Å²) in [6.45, 7) is 1.60. The molecule has 0 saturated carbocycles. The first-order valence-corrected chi connectivity index (χ1v) is 5.55. The Morgan fingerprint density at radius 3 is 2.94 bits per heavy atom. The minimum atomic E-state index is -0.517. The van der Waals surface area contributed by atoms with Crippen molar-refractivity contribution in [2.45, 2.75) is 19.4 Å². The molecule has 2 heterocycles. The third kappa shape index (κ3) is 2.36. The lowest BCUT2D eigenvalue weighted by atomic mass is 10.2. The highest BCUT2D eigenvalue weighted by molar-refractivity contribution is 5.29. The van der Waals surface area contributed by atoms with Crippen molar-refractivity contribution >= 4 is 6.20 Å². The lowest BCUT2D eigenvalue weighted by Gasteiger charge is -2.13. The highest BCUT2D eigenvalue weighted by Crippen LogP contribution is 2.22. The number of H-pyrrole nitrogens is 1. The molecule has 0 spiro atoms. The SMILES string of the molecule is Cc1cn(/C=C2\CC(CO)N(C)O2)c(=O)[nH]c1=O. The number of nitrogens with one attached hydrogen (secondary N) is 1. The smallest absolute Gasteiger partial charge is 0.332 e. The van der Waals surface area contributed by atoms with Gasteiger partial charge in [-0.3, -0.25) is 14.3 Å². The molecule has 1 aromatic rings. The van der Waals surface area contributed by atoms with Crippen LogP contribution in [0.2, 0.25) is 0 Å². The minimum Gasteiger partial charge on any atom is -0.409 e. The van der Waals surface area contributed by atoms with E-state index in [1.54, 1.807) is 14.0 Å². The Balaban J connectivity index is 2.32. The highest BCUT2D eigenvalue weighted by Gasteiger charge is 2.26. The number of aromatic nitrogens is 2. The maximum Gasteiger partial charge on any atom is 0.332 e. The molecule has 1 aliphatic rings. The van der Waals surface area contributed by atoms with E-state index in [1.165, 1.54) is 22.0 Å². The number of aromatic amines is 1. The number of hydrogen-bond acceptors (Lipinski definition) is 5. The standard InChI is InChI=1S/C11H15N3O4/c1-7-4-14(11(17)12-10(7)16)5-9-3-8(6-15)13(2)18-9/h4-5,8,15H,3,6H2,1-2H3,(H,12,16,17)/b9-5+. The van der Waals surface area contributed by atoms with E-state index in [-0.39, 0.29) is 12.6 Å². The van der Waals surface area contributed by atoms with Gasteiger partial charge in [-0.1, -0.05) is 0 Å². The van der Waals surface area contributed by atoms with Crippen LogP contribution in [0.5, 0.6) is 0 Å². The van der Waals surface area contributed by atoms with Gasteiger partial charge >= 0.3 is 5.69 Å². The summed E-state index contributed by atoms with van der Waals surface area (Å²) in [6.07, 6.45) is 3.47. The molecule has 0 radical (unpaired) electrons. The van der Waals surface area contributed by atoms with E-state index in [9.17, 15) is 9.59 Å². The lowest BCUT2D eigenvalue weighted by molar-refractivity contribution is -0.0901. The van der Waals surface area contributed by atoms with Gasteiger partial charge in [0.1, 0.15) is 5.76 Å². The van der Waals surface area contributed by atoms with Gasteiger partial charge in [0.05, 0.1) is 18.8 Å². The molecule has 0 amide bonds. The number of aliphatic hydroxyl groups excluding tert-OH is 1. The largest absolute Gasteiger partial charge is 0.409 e. The zero-order chi connectivity index (χ0) is 13.3. The van der Waals surface area contributed by atoms with Crippen molar-refractivity contribution in [1.29, 1.82) is 0 Å². The van der Waals surface area contributed by atoms with Crippen LogP contribution in [-0.4, -0.2) is 39.4 Å².